The van der Waals surface area contributed by atoms with Crippen LogP contribution in [-0.2, 0) is 0 Å². The highest BCUT2D eigenvalue weighted by Gasteiger charge is 1.91. The minimum atomic E-state index is 1.01. The summed E-state index contributed by atoms with van der Waals surface area (Å²) < 4.78 is 0. The van der Waals surface area contributed by atoms with Gasteiger partial charge in [-0.05, 0) is 30.7 Å². The molecule has 0 saturated carbocycles. The zero-order chi connectivity index (χ0) is 7.68. The van der Waals surface area contributed by atoms with E-state index >= 15 is 0 Å². The molecule has 0 amide bonds. The van der Waals surface area contributed by atoms with E-state index in [1.807, 2.05) is 31.2 Å². The third kappa shape index (κ3) is 1.09. The van der Waals surface area contributed by atoms with Gasteiger partial charge in [-0.1, -0.05) is 12.1 Å². The molecule has 0 spiro atoms. The van der Waals surface area contributed by atoms with Gasteiger partial charge in [-0.15, -0.1) is 0 Å². The lowest BCUT2D eigenvalue weighted by Crippen LogP contribution is -1.78. The van der Waals surface area contributed by atoms with Gasteiger partial charge in [0.05, 0.1) is 5.52 Å². The van der Waals surface area contributed by atoms with Crippen molar-refractivity contribution in [1.29, 1.82) is 0 Å². The summed E-state index contributed by atoms with van der Waals surface area (Å²) in [5.74, 6) is 0. The van der Waals surface area contributed by atoms with Crippen LogP contribution in [0.1, 0.15) is 5.56 Å². The number of benzene rings is 1. The maximum Gasteiger partial charge on any atom is 0.0708 e. The van der Waals surface area contributed by atoms with E-state index in [1.54, 1.807) is 6.20 Å². The Hall–Kier alpha value is -1.37. The van der Waals surface area contributed by atoms with E-state index in [2.05, 4.69) is 11.1 Å². The average Bonchev–Trinajstić information content (AvgIpc) is 2.04. The third-order valence-electron chi connectivity index (χ3n) is 1.66. The van der Waals surface area contributed by atoms with E-state index in [0.29, 0.717) is 0 Å². The molecular formula is C10H8N. The summed E-state index contributed by atoms with van der Waals surface area (Å²) in [7, 11) is 0. The molecule has 1 aromatic carbocycles. The Morgan fingerprint density at radius 2 is 2.18 bits per heavy atom. The Balaban J connectivity index is 2.83. The molecule has 2 aromatic rings. The summed E-state index contributed by atoms with van der Waals surface area (Å²) in [6.07, 6.45) is 1.80. The predicted octanol–water partition coefficient (Wildman–Crippen LogP) is 2.34. The SMILES string of the molecule is Cc1[c]c2cccnc2cc1. The van der Waals surface area contributed by atoms with Gasteiger partial charge in [-0.3, -0.25) is 4.98 Å². The molecule has 2 rings (SSSR count). The second kappa shape index (κ2) is 2.35. The van der Waals surface area contributed by atoms with Gasteiger partial charge in [0.2, 0.25) is 0 Å². The van der Waals surface area contributed by atoms with Crippen LogP contribution in [0.25, 0.3) is 10.9 Å². The number of rotatable bonds is 0. The quantitative estimate of drug-likeness (QED) is 0.550. The van der Waals surface area contributed by atoms with Crippen molar-refractivity contribution in [3.05, 3.63) is 42.1 Å². The predicted molar refractivity (Wildman–Crippen MR) is 45.3 cm³/mol. The number of hydrogen-bond donors (Lipinski definition) is 0. The smallest absolute Gasteiger partial charge is 0.0708 e. The van der Waals surface area contributed by atoms with Crippen LogP contribution in [0.15, 0.2) is 30.5 Å². The fourth-order valence-corrected chi connectivity index (χ4v) is 1.11. The summed E-state index contributed by atoms with van der Waals surface area (Å²) in [6, 6.07) is 11.2. The Labute approximate surface area is 65.7 Å². The molecule has 0 unspecified atom stereocenters. The maximum atomic E-state index is 4.19. The van der Waals surface area contributed by atoms with Crippen molar-refractivity contribution >= 4 is 10.9 Å². The molecule has 1 heteroatoms. The van der Waals surface area contributed by atoms with Gasteiger partial charge >= 0.3 is 0 Å². The monoisotopic (exact) mass is 142 g/mol. The van der Waals surface area contributed by atoms with Gasteiger partial charge in [-0.2, -0.15) is 0 Å². The summed E-state index contributed by atoms with van der Waals surface area (Å²) in [4.78, 5) is 4.19. The molecule has 0 aliphatic carbocycles. The van der Waals surface area contributed by atoms with Crippen molar-refractivity contribution in [1.82, 2.24) is 4.98 Å². The number of aryl methyl sites for hydroxylation is 1. The summed E-state index contributed by atoms with van der Waals surface area (Å²) in [5, 5.41) is 1.09. The second-order valence-corrected chi connectivity index (χ2v) is 2.58. The van der Waals surface area contributed by atoms with Gasteiger partial charge in [0.1, 0.15) is 0 Å². The van der Waals surface area contributed by atoms with Crippen LogP contribution < -0.4 is 0 Å². The van der Waals surface area contributed by atoms with E-state index in [1.165, 1.54) is 0 Å². The van der Waals surface area contributed by atoms with Crippen molar-refractivity contribution in [2.45, 2.75) is 6.92 Å². The van der Waals surface area contributed by atoms with E-state index in [0.717, 1.165) is 16.5 Å². The van der Waals surface area contributed by atoms with Gasteiger partial charge in [0.15, 0.2) is 0 Å². The first-order valence-corrected chi connectivity index (χ1v) is 3.60. The molecule has 0 aliphatic rings. The third-order valence-corrected chi connectivity index (χ3v) is 1.66. The van der Waals surface area contributed by atoms with Crippen LogP contribution in [0, 0.1) is 13.0 Å². The molecule has 0 saturated heterocycles. The normalized spacial score (nSPS) is 10.3. The molecule has 0 fully saturated rings. The Bertz CT molecular complexity index is 379. The minimum absolute atomic E-state index is 1.01. The molecule has 53 valence electrons. The summed E-state index contributed by atoms with van der Waals surface area (Å²) in [5.41, 5.74) is 2.17. The van der Waals surface area contributed by atoms with Gasteiger partial charge in [-0.25, -0.2) is 0 Å². The first kappa shape index (κ1) is 6.35. The second-order valence-electron chi connectivity index (χ2n) is 2.58. The minimum Gasteiger partial charge on any atom is -0.256 e. The molecule has 1 radical (unpaired) electrons. The van der Waals surface area contributed by atoms with Gasteiger partial charge < -0.3 is 0 Å². The summed E-state index contributed by atoms with van der Waals surface area (Å²) >= 11 is 0. The Morgan fingerprint density at radius 1 is 1.27 bits per heavy atom. The molecule has 0 N–H and O–H groups in total. The van der Waals surface area contributed by atoms with E-state index in [9.17, 15) is 0 Å². The van der Waals surface area contributed by atoms with E-state index < -0.39 is 0 Å². The van der Waals surface area contributed by atoms with Crippen molar-refractivity contribution in [3.63, 3.8) is 0 Å². The van der Waals surface area contributed by atoms with Crippen LogP contribution in [-0.4, -0.2) is 4.98 Å². The average molecular weight is 142 g/mol. The van der Waals surface area contributed by atoms with Crippen molar-refractivity contribution in [2.75, 3.05) is 0 Å². The van der Waals surface area contributed by atoms with Crippen molar-refractivity contribution in [2.24, 2.45) is 0 Å². The molecule has 11 heavy (non-hydrogen) atoms. The zero-order valence-corrected chi connectivity index (χ0v) is 6.33. The lowest BCUT2D eigenvalue weighted by Gasteiger charge is -1.95. The maximum absolute atomic E-state index is 4.19. The lowest BCUT2D eigenvalue weighted by atomic mass is 10.1. The van der Waals surface area contributed by atoms with Gasteiger partial charge in [0, 0.05) is 11.6 Å². The molecule has 1 nitrogen and oxygen atoms in total. The number of nitrogens with zero attached hydrogens (tertiary/aromatic N) is 1. The topological polar surface area (TPSA) is 12.9 Å². The zero-order valence-electron chi connectivity index (χ0n) is 6.33. The first-order chi connectivity index (χ1) is 5.36. The highest BCUT2D eigenvalue weighted by Crippen LogP contribution is 2.10. The van der Waals surface area contributed by atoms with Crippen LogP contribution in [0.2, 0.25) is 0 Å². The van der Waals surface area contributed by atoms with Crippen LogP contribution in [0.3, 0.4) is 0 Å². The lowest BCUT2D eigenvalue weighted by molar-refractivity contribution is 1.39. The highest BCUT2D eigenvalue weighted by atomic mass is 14.6. The largest absolute Gasteiger partial charge is 0.256 e. The van der Waals surface area contributed by atoms with E-state index in [4.69, 9.17) is 0 Å². The highest BCUT2D eigenvalue weighted by molar-refractivity contribution is 5.78. The number of fused-ring (bicyclic) bond motifs is 1. The van der Waals surface area contributed by atoms with Crippen molar-refractivity contribution in [3.8, 4) is 0 Å². The fraction of sp³-hybridized carbons (Fsp3) is 0.100. The van der Waals surface area contributed by atoms with Crippen LogP contribution in [0.4, 0.5) is 0 Å². The number of aromatic nitrogens is 1. The molecule has 0 aliphatic heterocycles. The van der Waals surface area contributed by atoms with Gasteiger partial charge in [0.25, 0.3) is 0 Å². The summed E-state index contributed by atoms with van der Waals surface area (Å²) in [6.45, 7) is 2.03. The standard InChI is InChI=1S/C10H8N/c1-8-4-5-10-9(7-8)3-2-6-11-10/h2-6H,1H3. The van der Waals surface area contributed by atoms with Crippen molar-refractivity contribution < 1.29 is 0 Å². The Morgan fingerprint density at radius 3 is 3.09 bits per heavy atom. The van der Waals surface area contributed by atoms with Crippen LogP contribution >= 0.6 is 0 Å². The fourth-order valence-electron chi connectivity index (χ4n) is 1.11. The molecule has 0 atom stereocenters. The molecular weight excluding hydrogens is 134 g/mol. The Kier molecular flexibility index (Phi) is 1.35. The molecule has 1 aromatic heterocycles. The molecule has 1 heterocycles. The number of pyridine rings is 1. The molecule has 0 bridgehead atoms. The van der Waals surface area contributed by atoms with Crippen LogP contribution in [0.5, 0.6) is 0 Å². The first-order valence-electron chi connectivity index (χ1n) is 3.60. The van der Waals surface area contributed by atoms with E-state index in [-0.39, 0.29) is 0 Å². The number of hydrogen-bond acceptors (Lipinski definition) is 1.